The average Bonchev–Trinajstić information content (AvgIpc) is 2.61. The van der Waals surface area contributed by atoms with Gasteiger partial charge in [-0.05, 0) is 18.6 Å². The van der Waals surface area contributed by atoms with Crippen molar-refractivity contribution < 1.29 is 13.2 Å². The number of ether oxygens (including phenoxy) is 1. The van der Waals surface area contributed by atoms with Gasteiger partial charge in [-0.2, -0.15) is 4.31 Å². The summed E-state index contributed by atoms with van der Waals surface area (Å²) in [7, 11) is -1.83. The highest BCUT2D eigenvalue weighted by molar-refractivity contribution is 7.88. The zero-order chi connectivity index (χ0) is 17.9. The molecule has 1 N–H and O–H groups in total. The van der Waals surface area contributed by atoms with Crippen molar-refractivity contribution in [2.24, 2.45) is 0 Å². The van der Waals surface area contributed by atoms with Gasteiger partial charge in [-0.3, -0.25) is 0 Å². The van der Waals surface area contributed by atoms with Crippen LogP contribution in [0.4, 0.5) is 0 Å². The molecular weight excluding hydrogens is 336 g/mol. The van der Waals surface area contributed by atoms with E-state index in [1.165, 1.54) is 0 Å². The lowest BCUT2D eigenvalue weighted by Crippen LogP contribution is -2.49. The normalized spacial score (nSPS) is 18.9. The number of nitrogens with one attached hydrogen (secondary N) is 1. The second-order valence-electron chi connectivity index (χ2n) is 6.32. The molecule has 1 heterocycles. The van der Waals surface area contributed by atoms with Crippen molar-refractivity contribution in [3.05, 3.63) is 65.2 Å². The SMILES string of the molecule is COc1ccccc1C1CNCCN1S(=O)(=O)Cc1cccc(C)c1. The Morgan fingerprint density at radius 3 is 2.76 bits per heavy atom. The van der Waals surface area contributed by atoms with Gasteiger partial charge in [0, 0.05) is 25.2 Å². The van der Waals surface area contributed by atoms with Gasteiger partial charge in [0.1, 0.15) is 5.75 Å². The third-order valence-corrected chi connectivity index (χ3v) is 6.33. The zero-order valence-corrected chi connectivity index (χ0v) is 15.4. The molecule has 1 aliphatic heterocycles. The molecule has 0 bridgehead atoms. The van der Waals surface area contributed by atoms with E-state index in [9.17, 15) is 8.42 Å². The molecule has 5 nitrogen and oxygen atoms in total. The van der Waals surface area contributed by atoms with Gasteiger partial charge in [0.15, 0.2) is 0 Å². The van der Waals surface area contributed by atoms with Gasteiger partial charge in [-0.25, -0.2) is 8.42 Å². The number of rotatable bonds is 5. The maximum absolute atomic E-state index is 13.1. The van der Waals surface area contributed by atoms with E-state index in [0.717, 1.165) is 16.7 Å². The van der Waals surface area contributed by atoms with E-state index in [2.05, 4.69) is 5.32 Å². The van der Waals surface area contributed by atoms with E-state index in [4.69, 9.17) is 4.74 Å². The molecule has 0 saturated carbocycles. The van der Waals surface area contributed by atoms with Crippen molar-refractivity contribution in [3.8, 4) is 5.75 Å². The molecule has 1 saturated heterocycles. The first-order valence-corrected chi connectivity index (χ1v) is 10.0. The number of aryl methyl sites for hydroxylation is 1. The minimum Gasteiger partial charge on any atom is -0.496 e. The summed E-state index contributed by atoms with van der Waals surface area (Å²) in [6, 6.07) is 15.0. The number of piperazine rings is 1. The fourth-order valence-electron chi connectivity index (χ4n) is 3.32. The molecule has 1 atom stereocenters. The second kappa shape index (κ2) is 7.56. The maximum Gasteiger partial charge on any atom is 0.218 e. The van der Waals surface area contributed by atoms with E-state index in [-0.39, 0.29) is 11.8 Å². The van der Waals surface area contributed by atoms with Crippen LogP contribution in [-0.2, 0) is 15.8 Å². The second-order valence-corrected chi connectivity index (χ2v) is 8.24. The van der Waals surface area contributed by atoms with Gasteiger partial charge in [0.2, 0.25) is 10.0 Å². The van der Waals surface area contributed by atoms with E-state index >= 15 is 0 Å². The van der Waals surface area contributed by atoms with E-state index in [0.29, 0.717) is 25.4 Å². The van der Waals surface area contributed by atoms with Crippen LogP contribution >= 0.6 is 0 Å². The molecule has 3 rings (SSSR count). The number of benzene rings is 2. The van der Waals surface area contributed by atoms with Gasteiger partial charge in [-0.15, -0.1) is 0 Å². The van der Waals surface area contributed by atoms with E-state index in [1.54, 1.807) is 11.4 Å². The Labute approximate surface area is 149 Å². The monoisotopic (exact) mass is 360 g/mol. The zero-order valence-electron chi connectivity index (χ0n) is 14.6. The standard InChI is InChI=1S/C19H24N2O3S/c1-15-6-5-7-16(12-15)14-25(22,23)21-11-10-20-13-18(21)17-8-3-4-9-19(17)24-2/h3-9,12,18,20H,10-11,13-14H2,1-2H3. The average molecular weight is 360 g/mol. The minimum absolute atomic E-state index is 0.0142. The van der Waals surface area contributed by atoms with Crippen LogP contribution in [0.25, 0.3) is 0 Å². The van der Waals surface area contributed by atoms with Crippen LogP contribution in [0, 0.1) is 6.92 Å². The molecule has 1 fully saturated rings. The highest BCUT2D eigenvalue weighted by Crippen LogP contribution is 2.32. The number of hydrogen-bond acceptors (Lipinski definition) is 4. The molecule has 2 aromatic rings. The predicted octanol–water partition coefficient (Wildman–Crippen LogP) is 2.48. The topological polar surface area (TPSA) is 58.6 Å². The first-order chi connectivity index (χ1) is 12.0. The summed E-state index contributed by atoms with van der Waals surface area (Å²) in [4.78, 5) is 0. The van der Waals surface area contributed by atoms with Crippen molar-refractivity contribution in [1.82, 2.24) is 9.62 Å². The number of methoxy groups -OCH3 is 1. The molecule has 134 valence electrons. The highest BCUT2D eigenvalue weighted by atomic mass is 32.2. The summed E-state index contributed by atoms with van der Waals surface area (Å²) in [6.45, 7) is 3.65. The smallest absolute Gasteiger partial charge is 0.218 e. The lowest BCUT2D eigenvalue weighted by molar-refractivity contribution is 0.264. The number of sulfonamides is 1. The molecule has 0 amide bonds. The summed E-state index contributed by atoms with van der Waals surface area (Å²) in [5.74, 6) is 0.729. The summed E-state index contributed by atoms with van der Waals surface area (Å²) in [6.07, 6.45) is 0. The number of para-hydroxylation sites is 1. The van der Waals surface area contributed by atoms with Crippen LogP contribution in [0.15, 0.2) is 48.5 Å². The Balaban J connectivity index is 1.92. The molecule has 1 aliphatic rings. The lowest BCUT2D eigenvalue weighted by atomic mass is 10.0. The highest BCUT2D eigenvalue weighted by Gasteiger charge is 2.34. The largest absolute Gasteiger partial charge is 0.496 e. The molecule has 6 heteroatoms. The Kier molecular flexibility index (Phi) is 5.42. The fourth-order valence-corrected chi connectivity index (χ4v) is 5.03. The van der Waals surface area contributed by atoms with Crippen molar-refractivity contribution in [2.45, 2.75) is 18.7 Å². The molecule has 0 aliphatic carbocycles. The molecule has 2 aromatic carbocycles. The summed E-state index contributed by atoms with van der Waals surface area (Å²) in [5.41, 5.74) is 2.77. The van der Waals surface area contributed by atoms with Crippen LogP contribution in [-0.4, -0.2) is 39.5 Å². The van der Waals surface area contributed by atoms with Gasteiger partial charge in [0.25, 0.3) is 0 Å². The number of nitrogens with zero attached hydrogens (tertiary/aromatic N) is 1. The van der Waals surface area contributed by atoms with Gasteiger partial charge >= 0.3 is 0 Å². The molecule has 1 unspecified atom stereocenters. The summed E-state index contributed by atoms with van der Waals surface area (Å²) in [5, 5.41) is 3.30. The molecule has 0 aromatic heterocycles. The first kappa shape index (κ1) is 17.9. The Morgan fingerprint density at radius 1 is 1.20 bits per heavy atom. The third kappa shape index (κ3) is 4.03. The summed E-state index contributed by atoms with van der Waals surface area (Å²) >= 11 is 0. The van der Waals surface area contributed by atoms with Gasteiger partial charge < -0.3 is 10.1 Å². The molecular formula is C19H24N2O3S. The van der Waals surface area contributed by atoms with Crippen LogP contribution < -0.4 is 10.1 Å². The van der Waals surface area contributed by atoms with Crippen molar-refractivity contribution in [3.63, 3.8) is 0 Å². The van der Waals surface area contributed by atoms with Crippen molar-refractivity contribution >= 4 is 10.0 Å². The fraction of sp³-hybridized carbons (Fsp3) is 0.368. The Hall–Kier alpha value is -1.89. The Bertz CT molecular complexity index is 836. The lowest BCUT2D eigenvalue weighted by Gasteiger charge is -2.36. The maximum atomic E-state index is 13.1. The minimum atomic E-state index is -3.44. The third-order valence-electron chi connectivity index (χ3n) is 4.48. The molecule has 25 heavy (non-hydrogen) atoms. The van der Waals surface area contributed by atoms with Crippen LogP contribution in [0.5, 0.6) is 5.75 Å². The van der Waals surface area contributed by atoms with Crippen molar-refractivity contribution in [1.29, 1.82) is 0 Å². The first-order valence-electron chi connectivity index (χ1n) is 8.40. The van der Waals surface area contributed by atoms with Crippen LogP contribution in [0.2, 0.25) is 0 Å². The van der Waals surface area contributed by atoms with Gasteiger partial charge in [0.05, 0.1) is 18.9 Å². The van der Waals surface area contributed by atoms with Crippen molar-refractivity contribution in [2.75, 3.05) is 26.7 Å². The van der Waals surface area contributed by atoms with Crippen LogP contribution in [0.3, 0.4) is 0 Å². The molecule has 0 radical (unpaired) electrons. The summed E-state index contributed by atoms with van der Waals surface area (Å²) < 4.78 is 33.3. The molecule has 0 spiro atoms. The quantitative estimate of drug-likeness (QED) is 0.890. The predicted molar refractivity (Wildman–Crippen MR) is 99.1 cm³/mol. The van der Waals surface area contributed by atoms with E-state index < -0.39 is 10.0 Å². The van der Waals surface area contributed by atoms with E-state index in [1.807, 2.05) is 55.5 Å². The Morgan fingerprint density at radius 2 is 2.00 bits per heavy atom. The van der Waals surface area contributed by atoms with Gasteiger partial charge in [-0.1, -0.05) is 48.0 Å². The number of hydrogen-bond donors (Lipinski definition) is 1. The van der Waals surface area contributed by atoms with Crippen LogP contribution in [0.1, 0.15) is 22.7 Å².